The first-order valence-corrected chi connectivity index (χ1v) is 1.63. The van der Waals surface area contributed by atoms with E-state index in [2.05, 4.69) is 14.6 Å². The highest BCUT2D eigenvalue weighted by atomic mass is 13.5. The maximum absolute atomic E-state index is 2.25. The first-order chi connectivity index (χ1) is 2.00. The Kier molecular flexibility index (Phi) is 0.494. The first kappa shape index (κ1) is 2.37. The van der Waals surface area contributed by atoms with E-state index >= 15 is 0 Å². The van der Waals surface area contributed by atoms with E-state index < -0.39 is 0 Å². The molecule has 0 aromatic rings. The largest absolute Gasteiger partial charge is 0.108 e. The standard InChI is InChI=1S/C2H4B2/c1-3-2-4-1/h1-2H2. The molecule has 1 heterocycles. The van der Waals surface area contributed by atoms with Crippen LogP contribution in [-0.4, -0.2) is 14.6 Å². The van der Waals surface area contributed by atoms with E-state index in [1.807, 2.05) is 0 Å². The van der Waals surface area contributed by atoms with E-state index in [0.29, 0.717) is 0 Å². The van der Waals surface area contributed by atoms with Crippen molar-refractivity contribution in [1.82, 2.24) is 0 Å². The van der Waals surface area contributed by atoms with Crippen molar-refractivity contribution in [1.29, 1.82) is 0 Å². The summed E-state index contributed by atoms with van der Waals surface area (Å²) in [6.07, 6.45) is 2.50. The third-order valence-corrected chi connectivity index (χ3v) is 0.667. The molecule has 0 aromatic heterocycles. The van der Waals surface area contributed by atoms with E-state index in [1.54, 1.807) is 0 Å². The lowest BCUT2D eigenvalue weighted by molar-refractivity contribution is 1.71. The summed E-state index contributed by atoms with van der Waals surface area (Å²) in [6, 6.07) is 0. The second-order valence-electron chi connectivity index (χ2n) is 1.05. The molecule has 1 saturated heterocycles. The molecule has 4 heavy (non-hydrogen) atoms. The van der Waals surface area contributed by atoms with Gasteiger partial charge in [0.25, 0.3) is 0 Å². The second kappa shape index (κ2) is 0.832. The Balaban J connectivity index is 2.00. The zero-order chi connectivity index (χ0) is 2.83. The summed E-state index contributed by atoms with van der Waals surface area (Å²) in [4.78, 5) is 0. The van der Waals surface area contributed by atoms with E-state index in [-0.39, 0.29) is 0 Å². The highest BCUT2D eigenvalue weighted by molar-refractivity contribution is 6.74. The van der Waals surface area contributed by atoms with E-state index in [0.717, 1.165) is 0 Å². The lowest BCUT2D eigenvalue weighted by atomic mass is 9.32. The average molecular weight is 49.7 g/mol. The molecule has 0 aliphatic carbocycles. The predicted octanol–water partition coefficient (Wildman–Crippen LogP) is 0.160. The van der Waals surface area contributed by atoms with Crippen molar-refractivity contribution in [3.05, 3.63) is 0 Å². The Bertz CT molecular complexity index is 12.0. The molecule has 2 radical (unpaired) electrons. The third-order valence-electron chi connectivity index (χ3n) is 0.667. The van der Waals surface area contributed by atoms with Crippen molar-refractivity contribution in [3.8, 4) is 0 Å². The van der Waals surface area contributed by atoms with Crippen LogP contribution >= 0.6 is 0 Å². The van der Waals surface area contributed by atoms with Crippen molar-refractivity contribution in [3.63, 3.8) is 0 Å². The van der Waals surface area contributed by atoms with Crippen LogP contribution in [-0.2, 0) is 0 Å². The zero-order valence-corrected chi connectivity index (χ0v) is 2.57. The lowest BCUT2D eigenvalue weighted by Gasteiger charge is -2.01. The quantitative estimate of drug-likeness (QED) is 0.343. The minimum atomic E-state index is 1.25. The van der Waals surface area contributed by atoms with Gasteiger partial charge in [-0.05, 0) is 0 Å². The molecular formula is C2H4B2. The van der Waals surface area contributed by atoms with Gasteiger partial charge in [-0.2, -0.15) is 0 Å². The number of hydrogen-bond acceptors (Lipinski definition) is 0. The van der Waals surface area contributed by atoms with Crippen LogP contribution in [0.2, 0.25) is 12.4 Å². The van der Waals surface area contributed by atoms with Crippen LogP contribution in [0.1, 0.15) is 0 Å². The van der Waals surface area contributed by atoms with Gasteiger partial charge in [0.2, 0.25) is 0 Å². The van der Waals surface area contributed by atoms with E-state index in [4.69, 9.17) is 0 Å². The smallest absolute Gasteiger partial charge is 0.0913 e. The fourth-order valence-electron chi connectivity index (χ4n) is 0.167. The molecule has 0 N–H and O–H groups in total. The summed E-state index contributed by atoms with van der Waals surface area (Å²) < 4.78 is 0. The van der Waals surface area contributed by atoms with Gasteiger partial charge in [0.1, 0.15) is 0 Å². The molecule has 0 bridgehead atoms. The summed E-state index contributed by atoms with van der Waals surface area (Å²) in [5.74, 6) is 0. The zero-order valence-electron chi connectivity index (χ0n) is 2.57. The summed E-state index contributed by atoms with van der Waals surface area (Å²) in [5.41, 5.74) is 0. The fraction of sp³-hybridized carbons (Fsp3) is 1.00. The maximum atomic E-state index is 2.25. The lowest BCUT2D eigenvalue weighted by Crippen LogP contribution is -2.10. The molecule has 0 amide bonds. The minimum Gasteiger partial charge on any atom is -0.108 e. The van der Waals surface area contributed by atoms with Gasteiger partial charge in [-0.15, -0.1) is 12.4 Å². The SMILES string of the molecule is [B]1C[B]C1. The molecule has 1 rings (SSSR count). The molecule has 0 nitrogen and oxygen atoms in total. The van der Waals surface area contributed by atoms with Crippen LogP contribution in [0.25, 0.3) is 0 Å². The summed E-state index contributed by atoms with van der Waals surface area (Å²) in [7, 11) is 4.50. The van der Waals surface area contributed by atoms with Crippen LogP contribution in [0.5, 0.6) is 0 Å². The van der Waals surface area contributed by atoms with Gasteiger partial charge in [-0.25, -0.2) is 0 Å². The molecule has 1 fully saturated rings. The molecule has 0 saturated carbocycles. The average Bonchev–Trinajstić information content (AvgIpc) is 0.722. The van der Waals surface area contributed by atoms with Gasteiger partial charge in [-0.1, -0.05) is 0 Å². The van der Waals surface area contributed by atoms with Gasteiger partial charge >= 0.3 is 0 Å². The van der Waals surface area contributed by atoms with Crippen LogP contribution in [0, 0.1) is 0 Å². The Hall–Kier alpha value is 0.130. The molecule has 1 aliphatic heterocycles. The van der Waals surface area contributed by atoms with Crippen LogP contribution < -0.4 is 0 Å². The van der Waals surface area contributed by atoms with Crippen molar-refractivity contribution in [2.45, 2.75) is 12.4 Å². The molecule has 0 unspecified atom stereocenters. The van der Waals surface area contributed by atoms with Crippen molar-refractivity contribution >= 4 is 14.6 Å². The first-order valence-electron chi connectivity index (χ1n) is 1.63. The molecule has 0 aromatic carbocycles. The van der Waals surface area contributed by atoms with Gasteiger partial charge in [0, 0.05) is 0 Å². The topological polar surface area (TPSA) is 0 Å². The van der Waals surface area contributed by atoms with E-state index in [1.165, 1.54) is 12.4 Å². The molecule has 2 heteroatoms. The number of rotatable bonds is 0. The fourth-order valence-corrected chi connectivity index (χ4v) is 0.167. The van der Waals surface area contributed by atoms with Gasteiger partial charge in [-0.3, -0.25) is 0 Å². The maximum Gasteiger partial charge on any atom is 0.0913 e. The summed E-state index contributed by atoms with van der Waals surface area (Å²) >= 11 is 0. The van der Waals surface area contributed by atoms with Crippen LogP contribution in [0.3, 0.4) is 0 Å². The van der Waals surface area contributed by atoms with Crippen molar-refractivity contribution in [2.75, 3.05) is 0 Å². The highest BCUT2D eigenvalue weighted by Crippen LogP contribution is 1.94. The Morgan fingerprint density at radius 3 is 1.25 bits per heavy atom. The normalized spacial score (nSPS) is 20.0. The highest BCUT2D eigenvalue weighted by Gasteiger charge is 2.00. The van der Waals surface area contributed by atoms with Gasteiger partial charge < -0.3 is 0 Å². The van der Waals surface area contributed by atoms with Gasteiger partial charge in [0.15, 0.2) is 0 Å². The monoisotopic (exact) mass is 50.0 g/mol. The second-order valence-corrected chi connectivity index (χ2v) is 1.05. The Labute approximate surface area is 28.1 Å². The number of hydrogen-bond donors (Lipinski definition) is 0. The van der Waals surface area contributed by atoms with Gasteiger partial charge in [0.05, 0.1) is 14.6 Å². The van der Waals surface area contributed by atoms with Crippen molar-refractivity contribution < 1.29 is 0 Å². The minimum absolute atomic E-state index is 1.25. The molecular weight excluding hydrogens is 45.6 g/mol. The molecule has 0 spiro atoms. The molecule has 0 atom stereocenters. The summed E-state index contributed by atoms with van der Waals surface area (Å²) in [6.45, 7) is 0. The Morgan fingerprint density at radius 2 is 1.25 bits per heavy atom. The molecule has 1 aliphatic rings. The van der Waals surface area contributed by atoms with Crippen LogP contribution in [0.15, 0.2) is 0 Å². The predicted molar refractivity (Wildman–Crippen MR) is 21.1 cm³/mol. The van der Waals surface area contributed by atoms with E-state index in [9.17, 15) is 0 Å². The Morgan fingerprint density at radius 1 is 1.00 bits per heavy atom. The van der Waals surface area contributed by atoms with Crippen molar-refractivity contribution in [2.24, 2.45) is 0 Å². The summed E-state index contributed by atoms with van der Waals surface area (Å²) in [5, 5.41) is 0. The van der Waals surface area contributed by atoms with Crippen LogP contribution in [0.4, 0.5) is 0 Å². The molecule has 18 valence electrons. The third kappa shape index (κ3) is 0.159.